The summed E-state index contributed by atoms with van der Waals surface area (Å²) in [5.74, 6) is -0.736. The highest BCUT2D eigenvalue weighted by Crippen LogP contribution is 2.33. The Hall–Kier alpha value is -3.87. The van der Waals surface area contributed by atoms with E-state index in [-0.39, 0.29) is 5.91 Å². The fourth-order valence-corrected chi connectivity index (χ4v) is 4.53. The molecular formula is C32H41N3O4. The summed E-state index contributed by atoms with van der Waals surface area (Å²) in [6, 6.07) is 17.6. The van der Waals surface area contributed by atoms with Crippen LogP contribution >= 0.6 is 0 Å². The molecule has 0 saturated carbocycles. The molecule has 0 aromatic heterocycles. The first kappa shape index (κ1) is 29.7. The van der Waals surface area contributed by atoms with Gasteiger partial charge in [-0.3, -0.25) is 9.59 Å². The number of hydrogen-bond acceptors (Lipinski definition) is 4. The molecular weight excluding hydrogens is 490 g/mol. The summed E-state index contributed by atoms with van der Waals surface area (Å²) < 4.78 is 5.37. The number of carbonyl (C=O) groups is 3. The van der Waals surface area contributed by atoms with E-state index in [9.17, 15) is 14.4 Å². The van der Waals surface area contributed by atoms with Crippen LogP contribution in [0.2, 0.25) is 0 Å². The minimum atomic E-state index is -0.952. The van der Waals surface area contributed by atoms with Crippen molar-refractivity contribution in [3.05, 3.63) is 77.4 Å². The quantitative estimate of drug-likeness (QED) is 0.372. The average molecular weight is 532 g/mol. The lowest BCUT2D eigenvalue weighted by Crippen LogP contribution is -2.57. The second-order valence-electron chi connectivity index (χ2n) is 12.1. The smallest absolute Gasteiger partial charge is 0.408 e. The number of alkyl carbamates (subject to hydrolysis) is 1. The van der Waals surface area contributed by atoms with Crippen molar-refractivity contribution in [3.8, 4) is 0 Å². The maximum atomic E-state index is 14.1. The average Bonchev–Trinajstić information content (AvgIpc) is 2.81. The zero-order valence-electron chi connectivity index (χ0n) is 24.5. The van der Waals surface area contributed by atoms with Gasteiger partial charge in [-0.2, -0.15) is 0 Å². The number of nitrogens with zero attached hydrogens (tertiary/aromatic N) is 1. The predicted octanol–water partition coefficient (Wildman–Crippen LogP) is 6.68. The van der Waals surface area contributed by atoms with E-state index in [1.54, 1.807) is 32.6 Å². The molecule has 208 valence electrons. The molecule has 39 heavy (non-hydrogen) atoms. The van der Waals surface area contributed by atoms with Gasteiger partial charge in [-0.25, -0.2) is 4.79 Å². The third kappa shape index (κ3) is 7.59. The summed E-state index contributed by atoms with van der Waals surface area (Å²) in [5, 5.41) is 7.76. The Bertz CT molecular complexity index is 1370. The second-order valence-corrected chi connectivity index (χ2v) is 12.1. The largest absolute Gasteiger partial charge is 0.444 e. The molecule has 0 heterocycles. The van der Waals surface area contributed by atoms with Crippen LogP contribution in [0.1, 0.15) is 71.2 Å². The number of ether oxygens (including phenoxy) is 1. The topological polar surface area (TPSA) is 87.7 Å². The highest BCUT2D eigenvalue weighted by atomic mass is 16.6. The molecule has 0 aliphatic heterocycles. The lowest BCUT2D eigenvalue weighted by Gasteiger charge is -2.43. The fraction of sp³-hybridized carbons (Fsp3) is 0.406. The van der Waals surface area contributed by atoms with E-state index in [0.717, 1.165) is 27.5 Å². The van der Waals surface area contributed by atoms with E-state index < -0.39 is 35.2 Å². The van der Waals surface area contributed by atoms with Crippen molar-refractivity contribution < 1.29 is 19.1 Å². The SMILES string of the molecule is Cc1ccc(C)c(C(C(=O)Nc2ccc3ccccc3c2)N(C(=O)C(C)NC(=O)OC(C)(C)C)C(C)(C)C)c1. The van der Waals surface area contributed by atoms with Crippen LogP contribution in [0, 0.1) is 13.8 Å². The van der Waals surface area contributed by atoms with Crippen LogP contribution < -0.4 is 10.6 Å². The van der Waals surface area contributed by atoms with Crippen LogP contribution in [0.3, 0.4) is 0 Å². The Balaban J connectivity index is 2.04. The molecule has 3 rings (SSSR count). The van der Waals surface area contributed by atoms with Crippen LogP contribution in [0.4, 0.5) is 10.5 Å². The molecule has 0 saturated heterocycles. The molecule has 0 spiro atoms. The van der Waals surface area contributed by atoms with Gasteiger partial charge in [-0.05, 0) is 96.3 Å². The summed E-state index contributed by atoms with van der Waals surface area (Å²) in [6.07, 6.45) is -0.693. The maximum absolute atomic E-state index is 14.1. The Labute approximate surface area is 231 Å². The van der Waals surface area contributed by atoms with Gasteiger partial charge >= 0.3 is 6.09 Å². The summed E-state index contributed by atoms with van der Waals surface area (Å²) in [4.78, 5) is 42.2. The number of benzene rings is 3. The molecule has 3 amide bonds. The molecule has 2 atom stereocenters. The number of carbonyl (C=O) groups excluding carboxylic acids is 3. The van der Waals surface area contributed by atoms with Crippen LogP contribution in [0.5, 0.6) is 0 Å². The predicted molar refractivity (Wildman–Crippen MR) is 157 cm³/mol. The van der Waals surface area contributed by atoms with Crippen molar-refractivity contribution in [1.29, 1.82) is 0 Å². The molecule has 7 heteroatoms. The highest BCUT2D eigenvalue weighted by molar-refractivity contribution is 6.00. The molecule has 0 fully saturated rings. The summed E-state index contributed by atoms with van der Waals surface area (Å²) in [7, 11) is 0. The molecule has 7 nitrogen and oxygen atoms in total. The van der Waals surface area contributed by atoms with Crippen LogP contribution in [-0.4, -0.2) is 40.0 Å². The van der Waals surface area contributed by atoms with E-state index >= 15 is 0 Å². The maximum Gasteiger partial charge on any atom is 0.408 e. The molecule has 3 aromatic rings. The monoisotopic (exact) mass is 531 g/mol. The Morgan fingerprint density at radius 3 is 2.10 bits per heavy atom. The van der Waals surface area contributed by atoms with Crippen molar-refractivity contribution in [2.75, 3.05) is 5.32 Å². The molecule has 0 radical (unpaired) electrons. The van der Waals surface area contributed by atoms with Gasteiger partial charge in [-0.1, -0.05) is 54.1 Å². The lowest BCUT2D eigenvalue weighted by molar-refractivity contribution is -0.146. The van der Waals surface area contributed by atoms with Crippen LogP contribution in [0.15, 0.2) is 60.7 Å². The lowest BCUT2D eigenvalue weighted by atomic mass is 9.92. The van der Waals surface area contributed by atoms with Crippen molar-refractivity contribution in [1.82, 2.24) is 10.2 Å². The highest BCUT2D eigenvalue weighted by Gasteiger charge is 2.41. The minimum Gasteiger partial charge on any atom is -0.444 e. The minimum absolute atomic E-state index is 0.341. The van der Waals surface area contributed by atoms with E-state index in [0.29, 0.717) is 5.69 Å². The molecule has 0 bridgehead atoms. The number of rotatable bonds is 6. The zero-order valence-corrected chi connectivity index (χ0v) is 24.5. The second kappa shape index (κ2) is 11.5. The van der Waals surface area contributed by atoms with Gasteiger partial charge in [0.15, 0.2) is 0 Å². The Morgan fingerprint density at radius 2 is 1.49 bits per heavy atom. The van der Waals surface area contributed by atoms with Crippen LogP contribution in [-0.2, 0) is 14.3 Å². The first-order chi connectivity index (χ1) is 18.1. The van der Waals surface area contributed by atoms with Crippen LogP contribution in [0.25, 0.3) is 10.8 Å². The molecule has 2 unspecified atom stereocenters. The normalized spacial score (nSPS) is 13.4. The van der Waals surface area contributed by atoms with Gasteiger partial charge in [0.05, 0.1) is 0 Å². The third-order valence-electron chi connectivity index (χ3n) is 6.32. The number of hydrogen-bond donors (Lipinski definition) is 2. The number of fused-ring (bicyclic) bond motifs is 1. The van der Waals surface area contributed by atoms with Crippen molar-refractivity contribution in [2.45, 2.75) is 85.5 Å². The number of aryl methyl sites for hydroxylation is 2. The summed E-state index contributed by atoms with van der Waals surface area (Å²) >= 11 is 0. The fourth-order valence-electron chi connectivity index (χ4n) is 4.53. The first-order valence-corrected chi connectivity index (χ1v) is 13.3. The molecule has 2 N–H and O–H groups in total. The number of anilines is 1. The van der Waals surface area contributed by atoms with E-state index in [1.807, 2.05) is 95.3 Å². The summed E-state index contributed by atoms with van der Waals surface area (Å²) in [5.41, 5.74) is 1.74. The van der Waals surface area contributed by atoms with E-state index in [2.05, 4.69) is 10.6 Å². The Morgan fingerprint density at radius 1 is 0.846 bits per heavy atom. The molecule has 0 aliphatic rings. The van der Waals surface area contributed by atoms with Gasteiger partial charge < -0.3 is 20.3 Å². The molecule has 3 aromatic carbocycles. The number of nitrogens with one attached hydrogen (secondary N) is 2. The Kier molecular flexibility index (Phi) is 8.74. The van der Waals surface area contributed by atoms with Gasteiger partial charge in [0.25, 0.3) is 5.91 Å². The standard InChI is InChI=1S/C32H41N3O4/c1-20-14-15-21(2)26(18-20)27(28(36)34-25-17-16-23-12-10-11-13-24(23)19-25)35(31(4,5)6)29(37)22(3)33-30(38)39-32(7,8)9/h10-19,22,27H,1-9H3,(H,33,38)(H,34,36). The van der Waals surface area contributed by atoms with Gasteiger partial charge in [0, 0.05) is 11.2 Å². The number of amides is 3. The van der Waals surface area contributed by atoms with Gasteiger partial charge in [0.2, 0.25) is 5.91 Å². The summed E-state index contributed by atoms with van der Waals surface area (Å²) in [6.45, 7) is 16.4. The van der Waals surface area contributed by atoms with Gasteiger partial charge in [-0.15, -0.1) is 0 Å². The first-order valence-electron chi connectivity index (χ1n) is 13.3. The van der Waals surface area contributed by atoms with Crippen molar-refractivity contribution in [2.24, 2.45) is 0 Å². The van der Waals surface area contributed by atoms with E-state index in [4.69, 9.17) is 4.74 Å². The molecule has 0 aliphatic carbocycles. The zero-order chi connectivity index (χ0) is 29.1. The van der Waals surface area contributed by atoms with Crippen molar-refractivity contribution >= 4 is 34.4 Å². The van der Waals surface area contributed by atoms with Gasteiger partial charge in [0.1, 0.15) is 17.7 Å². The van der Waals surface area contributed by atoms with E-state index in [1.165, 1.54) is 0 Å². The third-order valence-corrected chi connectivity index (χ3v) is 6.32. The van der Waals surface area contributed by atoms with Crippen molar-refractivity contribution in [3.63, 3.8) is 0 Å².